The molecular weight excluding hydrogens is 190 g/mol. The zero-order valence-corrected chi connectivity index (χ0v) is 9.42. The summed E-state index contributed by atoms with van der Waals surface area (Å²) in [6.45, 7) is 0.718. The third kappa shape index (κ3) is 3.04. The Hall–Kier alpha value is -0.880. The summed E-state index contributed by atoms with van der Waals surface area (Å²) in [7, 11) is 1.67. The number of rotatable bonds is 5. The van der Waals surface area contributed by atoms with Crippen LogP contribution >= 0.6 is 0 Å². The van der Waals surface area contributed by atoms with Crippen LogP contribution in [0.5, 0.6) is 0 Å². The third-order valence-electron chi connectivity index (χ3n) is 3.21. The monoisotopic (exact) mass is 209 g/mol. The number of carbonyl (C=O) groups excluding carboxylic acids is 1. The molecule has 0 aromatic heterocycles. The smallest absolute Gasteiger partial charge is 0.153 e. The molecule has 84 valence electrons. The molecule has 1 unspecified atom stereocenters. The first-order valence-corrected chi connectivity index (χ1v) is 5.69. The Morgan fingerprint density at radius 2 is 2.27 bits per heavy atom. The minimum atomic E-state index is -0.661. The molecule has 1 rings (SSSR count). The van der Waals surface area contributed by atoms with Gasteiger partial charge in [-0.1, -0.05) is 6.42 Å². The van der Waals surface area contributed by atoms with E-state index in [4.69, 9.17) is 10.00 Å². The Balaban J connectivity index is 2.45. The van der Waals surface area contributed by atoms with Gasteiger partial charge in [0.1, 0.15) is 5.41 Å². The number of nitriles is 1. The number of hydrogen-bond donors (Lipinski definition) is 0. The van der Waals surface area contributed by atoms with Crippen molar-refractivity contribution >= 4 is 5.78 Å². The number of unbranched alkanes of at least 4 members (excludes halogenated alkanes) is 1. The van der Waals surface area contributed by atoms with Gasteiger partial charge in [-0.3, -0.25) is 4.79 Å². The number of carbonyl (C=O) groups is 1. The highest BCUT2D eigenvalue weighted by Crippen LogP contribution is 2.37. The van der Waals surface area contributed by atoms with Crippen molar-refractivity contribution in [3.05, 3.63) is 0 Å². The predicted molar refractivity (Wildman–Crippen MR) is 57.2 cm³/mol. The van der Waals surface area contributed by atoms with Gasteiger partial charge < -0.3 is 4.74 Å². The average Bonchev–Trinajstić information content (AvgIpc) is 2.27. The number of hydrogen-bond acceptors (Lipinski definition) is 3. The van der Waals surface area contributed by atoms with Gasteiger partial charge in [0.05, 0.1) is 6.07 Å². The molecule has 0 aromatic carbocycles. The lowest BCUT2D eigenvalue weighted by Crippen LogP contribution is -2.32. The van der Waals surface area contributed by atoms with Crippen molar-refractivity contribution in [2.75, 3.05) is 13.7 Å². The highest BCUT2D eigenvalue weighted by molar-refractivity contribution is 5.88. The van der Waals surface area contributed by atoms with Crippen molar-refractivity contribution < 1.29 is 9.53 Å². The Bertz CT molecular complexity index is 257. The Labute approximate surface area is 91.4 Å². The number of ether oxygens (including phenoxy) is 1. The largest absolute Gasteiger partial charge is 0.385 e. The van der Waals surface area contributed by atoms with Crippen LogP contribution in [0.3, 0.4) is 0 Å². The molecule has 3 nitrogen and oxygen atoms in total. The van der Waals surface area contributed by atoms with Crippen molar-refractivity contribution in [2.24, 2.45) is 5.41 Å². The lowest BCUT2D eigenvalue weighted by Gasteiger charge is -2.28. The van der Waals surface area contributed by atoms with Crippen LogP contribution in [0, 0.1) is 16.7 Å². The van der Waals surface area contributed by atoms with Crippen LogP contribution < -0.4 is 0 Å². The highest BCUT2D eigenvalue weighted by atomic mass is 16.5. The van der Waals surface area contributed by atoms with Crippen LogP contribution in [-0.4, -0.2) is 19.5 Å². The van der Waals surface area contributed by atoms with E-state index >= 15 is 0 Å². The van der Waals surface area contributed by atoms with Gasteiger partial charge in [0, 0.05) is 20.1 Å². The lowest BCUT2D eigenvalue weighted by molar-refractivity contribution is -0.128. The van der Waals surface area contributed by atoms with E-state index in [1.54, 1.807) is 7.11 Å². The summed E-state index contributed by atoms with van der Waals surface area (Å²) in [5, 5.41) is 9.17. The zero-order valence-electron chi connectivity index (χ0n) is 9.42. The topological polar surface area (TPSA) is 50.1 Å². The van der Waals surface area contributed by atoms with Crippen LogP contribution in [0.1, 0.15) is 44.9 Å². The first kappa shape index (κ1) is 12.2. The molecule has 0 heterocycles. The summed E-state index contributed by atoms with van der Waals surface area (Å²) in [4.78, 5) is 11.8. The van der Waals surface area contributed by atoms with Gasteiger partial charge in [0.25, 0.3) is 0 Å². The summed E-state index contributed by atoms with van der Waals surface area (Å²) in [6, 6.07) is 2.25. The number of methoxy groups -OCH3 is 1. The highest BCUT2D eigenvalue weighted by Gasteiger charge is 2.39. The van der Waals surface area contributed by atoms with Gasteiger partial charge in [-0.05, 0) is 32.1 Å². The molecule has 0 aromatic rings. The SMILES string of the molecule is COCCCCC1(C#N)CCCCC1=O. The van der Waals surface area contributed by atoms with Crippen LogP contribution in [0.2, 0.25) is 0 Å². The molecule has 1 aliphatic carbocycles. The average molecular weight is 209 g/mol. The fourth-order valence-electron chi connectivity index (χ4n) is 2.20. The van der Waals surface area contributed by atoms with Gasteiger partial charge in [0.2, 0.25) is 0 Å². The van der Waals surface area contributed by atoms with Crippen molar-refractivity contribution in [1.29, 1.82) is 5.26 Å². The van der Waals surface area contributed by atoms with Gasteiger partial charge in [-0.25, -0.2) is 0 Å². The van der Waals surface area contributed by atoms with Crippen molar-refractivity contribution in [3.63, 3.8) is 0 Å². The Morgan fingerprint density at radius 1 is 1.47 bits per heavy atom. The molecule has 0 radical (unpaired) electrons. The van der Waals surface area contributed by atoms with Crippen LogP contribution in [-0.2, 0) is 9.53 Å². The van der Waals surface area contributed by atoms with Gasteiger partial charge in [-0.15, -0.1) is 0 Å². The lowest BCUT2D eigenvalue weighted by atomic mass is 9.71. The van der Waals surface area contributed by atoms with Crippen LogP contribution in [0.4, 0.5) is 0 Å². The van der Waals surface area contributed by atoms with E-state index in [1.807, 2.05) is 0 Å². The summed E-state index contributed by atoms with van der Waals surface area (Å²) in [6.07, 6.45) is 5.89. The van der Waals surface area contributed by atoms with Gasteiger partial charge in [-0.2, -0.15) is 5.26 Å². The van der Waals surface area contributed by atoms with Crippen LogP contribution in [0.25, 0.3) is 0 Å². The van der Waals surface area contributed by atoms with Gasteiger partial charge in [0.15, 0.2) is 5.78 Å². The standard InChI is InChI=1S/C12H19NO2/c1-15-9-5-4-8-12(10-13)7-3-2-6-11(12)14/h2-9H2,1H3. The second kappa shape index (κ2) is 5.87. The van der Waals surface area contributed by atoms with E-state index in [9.17, 15) is 4.79 Å². The van der Waals surface area contributed by atoms with E-state index in [0.717, 1.165) is 38.7 Å². The minimum Gasteiger partial charge on any atom is -0.385 e. The number of ketones is 1. The first-order chi connectivity index (χ1) is 7.25. The molecular formula is C12H19NO2. The molecule has 0 N–H and O–H groups in total. The van der Waals surface area contributed by atoms with E-state index in [1.165, 1.54) is 0 Å². The molecule has 0 saturated heterocycles. The van der Waals surface area contributed by atoms with Crippen LogP contribution in [0.15, 0.2) is 0 Å². The number of Topliss-reactive ketones (excluding diaryl/α,β-unsaturated/α-hetero) is 1. The molecule has 0 aliphatic heterocycles. The predicted octanol–water partition coefficient (Wildman–Crippen LogP) is 2.46. The zero-order chi connectivity index (χ0) is 11.1. The van der Waals surface area contributed by atoms with E-state index in [-0.39, 0.29) is 5.78 Å². The second-order valence-electron chi connectivity index (χ2n) is 4.27. The van der Waals surface area contributed by atoms with E-state index in [2.05, 4.69) is 6.07 Å². The molecule has 0 amide bonds. The fraction of sp³-hybridized carbons (Fsp3) is 0.833. The van der Waals surface area contributed by atoms with Gasteiger partial charge >= 0.3 is 0 Å². The Kier molecular flexibility index (Phi) is 4.77. The summed E-state index contributed by atoms with van der Waals surface area (Å²) < 4.78 is 4.96. The summed E-state index contributed by atoms with van der Waals surface area (Å²) in [5.74, 6) is 0.161. The molecule has 0 spiro atoms. The fourth-order valence-corrected chi connectivity index (χ4v) is 2.20. The van der Waals surface area contributed by atoms with E-state index in [0.29, 0.717) is 12.8 Å². The maximum atomic E-state index is 11.8. The molecule has 1 fully saturated rings. The molecule has 1 atom stereocenters. The van der Waals surface area contributed by atoms with E-state index < -0.39 is 5.41 Å². The molecule has 0 bridgehead atoms. The second-order valence-corrected chi connectivity index (χ2v) is 4.27. The van der Waals surface area contributed by atoms with Crippen molar-refractivity contribution in [2.45, 2.75) is 44.9 Å². The maximum absolute atomic E-state index is 11.8. The third-order valence-corrected chi connectivity index (χ3v) is 3.21. The summed E-state index contributed by atoms with van der Waals surface area (Å²) in [5.41, 5.74) is -0.661. The first-order valence-electron chi connectivity index (χ1n) is 5.69. The number of nitrogens with zero attached hydrogens (tertiary/aromatic N) is 1. The normalized spacial score (nSPS) is 26.3. The summed E-state index contributed by atoms with van der Waals surface area (Å²) >= 11 is 0. The minimum absolute atomic E-state index is 0.161. The quantitative estimate of drug-likeness (QED) is 0.653. The van der Waals surface area contributed by atoms with Crippen molar-refractivity contribution in [3.8, 4) is 6.07 Å². The van der Waals surface area contributed by atoms with Crippen molar-refractivity contribution in [1.82, 2.24) is 0 Å². The Morgan fingerprint density at radius 3 is 2.87 bits per heavy atom. The molecule has 15 heavy (non-hydrogen) atoms. The molecule has 3 heteroatoms. The molecule has 1 saturated carbocycles. The molecule has 1 aliphatic rings. The maximum Gasteiger partial charge on any atom is 0.153 e.